The number of pyridine rings is 1. The molecular formula is C23H20F2N8O2. The van der Waals surface area contributed by atoms with E-state index in [9.17, 15) is 19.2 Å². The van der Waals surface area contributed by atoms with Gasteiger partial charge in [0.15, 0.2) is 22.8 Å². The highest BCUT2D eigenvalue weighted by Crippen LogP contribution is 2.24. The zero-order chi connectivity index (χ0) is 24.7. The first-order valence-electron chi connectivity index (χ1n) is 10.9. The van der Waals surface area contributed by atoms with E-state index in [-0.39, 0.29) is 33.8 Å². The smallest absolute Gasteiger partial charge is 0.277 e. The fourth-order valence-electron chi connectivity index (χ4n) is 4.35. The summed E-state index contributed by atoms with van der Waals surface area (Å²) in [4.78, 5) is 34.7. The zero-order valence-electron chi connectivity index (χ0n) is 18.7. The second-order valence-electron chi connectivity index (χ2n) is 8.16. The van der Waals surface area contributed by atoms with Crippen LogP contribution in [0.4, 0.5) is 14.5 Å². The molecule has 5 rings (SSSR count). The maximum Gasteiger partial charge on any atom is 0.277 e. The van der Waals surface area contributed by atoms with Gasteiger partial charge in [-0.1, -0.05) is 6.07 Å². The molecule has 1 aliphatic heterocycles. The number of rotatable bonds is 4. The zero-order valence-corrected chi connectivity index (χ0v) is 18.7. The monoisotopic (exact) mass is 478 g/mol. The molecule has 1 aromatic carbocycles. The van der Waals surface area contributed by atoms with Crippen molar-refractivity contribution in [3.8, 4) is 6.07 Å². The molecule has 35 heavy (non-hydrogen) atoms. The van der Waals surface area contributed by atoms with Crippen molar-refractivity contribution in [2.24, 2.45) is 0 Å². The van der Waals surface area contributed by atoms with E-state index < -0.39 is 17.2 Å². The summed E-state index contributed by atoms with van der Waals surface area (Å²) in [7, 11) is 1.50. The van der Waals surface area contributed by atoms with Crippen LogP contribution in [-0.2, 0) is 6.54 Å². The molecule has 4 heterocycles. The van der Waals surface area contributed by atoms with E-state index in [2.05, 4.69) is 31.4 Å². The number of aromatic amines is 1. The van der Waals surface area contributed by atoms with Gasteiger partial charge in [0.1, 0.15) is 17.3 Å². The third kappa shape index (κ3) is 3.85. The van der Waals surface area contributed by atoms with Crippen LogP contribution in [0.1, 0.15) is 21.7 Å². The molecule has 2 N–H and O–H groups in total. The highest BCUT2D eigenvalue weighted by atomic mass is 19.1. The molecule has 4 aromatic rings. The van der Waals surface area contributed by atoms with E-state index in [1.807, 2.05) is 4.90 Å². The van der Waals surface area contributed by atoms with Crippen molar-refractivity contribution in [1.82, 2.24) is 29.8 Å². The average molecular weight is 478 g/mol. The molecule has 1 saturated heterocycles. The third-order valence-corrected chi connectivity index (χ3v) is 6.15. The van der Waals surface area contributed by atoms with Gasteiger partial charge in [-0.3, -0.25) is 14.5 Å². The standard InChI is InChI=1S/C23H20F2N8O2/c1-27-22(34)15-3-5-17(16(10-26)29-15)32-8-6-31(7-9-32)12-13-2-4-18-20(19(13)25)30-23(35)21-14(24)11-28-33(18)21/h2-5,11H,6-9,12H2,1H3,(H,27,34)(H,30,35). The first-order chi connectivity index (χ1) is 16.9. The number of nitrogens with zero attached hydrogens (tertiary/aromatic N) is 6. The molecule has 0 bridgehead atoms. The van der Waals surface area contributed by atoms with Gasteiger partial charge in [0.25, 0.3) is 11.5 Å². The van der Waals surface area contributed by atoms with Crippen LogP contribution in [0.25, 0.3) is 16.6 Å². The maximum absolute atomic E-state index is 15.3. The van der Waals surface area contributed by atoms with E-state index in [0.717, 1.165) is 10.7 Å². The second-order valence-corrected chi connectivity index (χ2v) is 8.16. The summed E-state index contributed by atoms with van der Waals surface area (Å²) in [5, 5.41) is 15.8. The van der Waals surface area contributed by atoms with Crippen LogP contribution in [0.3, 0.4) is 0 Å². The Balaban J connectivity index is 1.34. The Morgan fingerprint density at radius 3 is 2.69 bits per heavy atom. The molecule has 10 nitrogen and oxygen atoms in total. The molecule has 0 aliphatic carbocycles. The molecule has 0 atom stereocenters. The lowest BCUT2D eigenvalue weighted by atomic mass is 10.1. The summed E-state index contributed by atoms with van der Waals surface area (Å²) < 4.78 is 30.2. The van der Waals surface area contributed by atoms with E-state index in [1.54, 1.807) is 24.3 Å². The number of hydrogen-bond acceptors (Lipinski definition) is 7. The highest BCUT2D eigenvalue weighted by molar-refractivity contribution is 5.92. The molecule has 0 saturated carbocycles. The largest absolute Gasteiger partial charge is 0.367 e. The van der Waals surface area contributed by atoms with Crippen molar-refractivity contribution in [2.45, 2.75) is 6.54 Å². The van der Waals surface area contributed by atoms with Crippen molar-refractivity contribution < 1.29 is 13.6 Å². The quantitative estimate of drug-likeness (QED) is 0.455. The van der Waals surface area contributed by atoms with Crippen molar-refractivity contribution in [2.75, 3.05) is 38.1 Å². The van der Waals surface area contributed by atoms with Crippen LogP contribution in [0.5, 0.6) is 0 Å². The number of amides is 1. The number of hydrogen-bond donors (Lipinski definition) is 2. The molecule has 0 spiro atoms. The lowest BCUT2D eigenvalue weighted by Gasteiger charge is -2.36. The van der Waals surface area contributed by atoms with Crippen molar-refractivity contribution in [1.29, 1.82) is 5.26 Å². The van der Waals surface area contributed by atoms with Gasteiger partial charge in [-0.25, -0.2) is 18.3 Å². The highest BCUT2D eigenvalue weighted by Gasteiger charge is 2.23. The van der Waals surface area contributed by atoms with Crippen LogP contribution in [0.15, 0.2) is 35.3 Å². The molecule has 0 radical (unpaired) electrons. The van der Waals surface area contributed by atoms with Crippen LogP contribution in [-0.4, -0.2) is 63.6 Å². The molecular weight excluding hydrogens is 458 g/mol. The minimum absolute atomic E-state index is 0.0253. The third-order valence-electron chi connectivity index (χ3n) is 6.15. The lowest BCUT2D eigenvalue weighted by Crippen LogP contribution is -2.46. The fraction of sp³-hybridized carbons (Fsp3) is 0.261. The number of nitrogens with one attached hydrogen (secondary N) is 2. The number of piperazine rings is 1. The van der Waals surface area contributed by atoms with Crippen molar-refractivity contribution >= 4 is 28.1 Å². The van der Waals surface area contributed by atoms with E-state index in [4.69, 9.17) is 0 Å². The molecule has 0 unspecified atom stereocenters. The Bertz CT molecular complexity index is 1560. The molecule has 3 aromatic heterocycles. The van der Waals surface area contributed by atoms with Crippen molar-refractivity contribution in [3.05, 3.63) is 69.4 Å². The van der Waals surface area contributed by atoms with Crippen LogP contribution >= 0.6 is 0 Å². The summed E-state index contributed by atoms with van der Waals surface area (Å²) in [5.74, 6) is -1.72. The van der Waals surface area contributed by atoms with Gasteiger partial charge in [-0.05, 0) is 18.2 Å². The van der Waals surface area contributed by atoms with Gasteiger partial charge in [0.2, 0.25) is 0 Å². The summed E-state index contributed by atoms with van der Waals surface area (Å²) >= 11 is 0. The van der Waals surface area contributed by atoms with Gasteiger partial charge in [0, 0.05) is 45.3 Å². The number of aromatic nitrogens is 4. The minimum Gasteiger partial charge on any atom is -0.367 e. The predicted molar refractivity (Wildman–Crippen MR) is 123 cm³/mol. The van der Waals surface area contributed by atoms with Gasteiger partial charge in [0.05, 0.1) is 17.4 Å². The number of nitriles is 1. The number of anilines is 1. The molecule has 1 fully saturated rings. The first-order valence-corrected chi connectivity index (χ1v) is 10.9. The topological polar surface area (TPSA) is 122 Å². The molecule has 1 aliphatic rings. The Kier molecular flexibility index (Phi) is 5.62. The van der Waals surface area contributed by atoms with Gasteiger partial charge >= 0.3 is 0 Å². The SMILES string of the molecule is CNC(=O)c1ccc(N2CCN(Cc3ccc4c([nH]c(=O)c5c(F)cnn54)c3F)CC2)c(C#N)n1. The Labute approximate surface area is 197 Å². The second kappa shape index (κ2) is 8.77. The van der Waals surface area contributed by atoms with E-state index in [1.165, 1.54) is 7.05 Å². The molecule has 1 amide bonds. The minimum atomic E-state index is -0.770. The van der Waals surface area contributed by atoms with Crippen LogP contribution in [0, 0.1) is 23.0 Å². The Hall–Kier alpha value is -4.37. The number of carbonyl (C=O) groups is 1. The van der Waals surface area contributed by atoms with Crippen LogP contribution in [0.2, 0.25) is 0 Å². The molecule has 12 heteroatoms. The number of H-pyrrole nitrogens is 1. The lowest BCUT2D eigenvalue weighted by molar-refractivity contribution is 0.0958. The summed E-state index contributed by atoms with van der Waals surface area (Å²) in [6.45, 7) is 2.66. The van der Waals surface area contributed by atoms with Crippen molar-refractivity contribution in [3.63, 3.8) is 0 Å². The van der Waals surface area contributed by atoms with Gasteiger partial charge in [-0.15, -0.1) is 0 Å². The summed E-state index contributed by atoms with van der Waals surface area (Å²) in [5.41, 5.74) is 0.621. The van der Waals surface area contributed by atoms with E-state index in [0.29, 0.717) is 44.0 Å². The number of fused-ring (bicyclic) bond motifs is 3. The Morgan fingerprint density at radius 1 is 1.20 bits per heavy atom. The molecule has 178 valence electrons. The fourth-order valence-corrected chi connectivity index (χ4v) is 4.35. The van der Waals surface area contributed by atoms with Crippen LogP contribution < -0.4 is 15.8 Å². The predicted octanol–water partition coefficient (Wildman–Crippen LogP) is 1.40. The normalized spacial score (nSPS) is 14.4. The number of carbonyl (C=O) groups excluding carboxylic acids is 1. The van der Waals surface area contributed by atoms with Gasteiger partial charge < -0.3 is 15.2 Å². The average Bonchev–Trinajstić information content (AvgIpc) is 3.28. The Morgan fingerprint density at radius 2 is 1.97 bits per heavy atom. The van der Waals surface area contributed by atoms with E-state index >= 15 is 4.39 Å². The number of benzene rings is 1. The maximum atomic E-state index is 15.3. The number of halogens is 2. The summed E-state index contributed by atoms with van der Waals surface area (Å²) in [6, 6.07) is 8.56. The summed E-state index contributed by atoms with van der Waals surface area (Å²) in [6.07, 6.45) is 0.925. The van der Waals surface area contributed by atoms with Gasteiger partial charge in [-0.2, -0.15) is 10.4 Å². The first kappa shape index (κ1) is 22.4.